The van der Waals surface area contributed by atoms with Crippen molar-refractivity contribution in [3.63, 3.8) is 0 Å². The van der Waals surface area contributed by atoms with Crippen LogP contribution in [0.2, 0.25) is 0 Å². The molecule has 1 aromatic heterocycles. The first-order valence-corrected chi connectivity index (χ1v) is 8.79. The monoisotopic (exact) mass is 324 g/mol. The summed E-state index contributed by atoms with van der Waals surface area (Å²) in [5.74, 6) is 0.678. The number of hydrogen-bond donors (Lipinski definition) is 1. The Morgan fingerprint density at radius 3 is 2.88 bits per heavy atom. The molecule has 1 aromatic carbocycles. The number of piperidine rings is 1. The van der Waals surface area contributed by atoms with Gasteiger partial charge in [-0.15, -0.1) is 6.58 Å². The maximum absolute atomic E-state index is 12.3. The van der Waals surface area contributed by atoms with Gasteiger partial charge in [0.25, 0.3) is 5.56 Å². The van der Waals surface area contributed by atoms with Crippen molar-refractivity contribution >= 4 is 16.6 Å². The van der Waals surface area contributed by atoms with Gasteiger partial charge < -0.3 is 9.88 Å². The van der Waals surface area contributed by atoms with E-state index in [0.29, 0.717) is 17.3 Å². The SMILES string of the molecule is C=CCN1CCC(N2CCc3cc4nc(C)[nH]c(=O)c4cc32)CC1. The molecule has 0 atom stereocenters. The zero-order valence-corrected chi connectivity index (χ0v) is 14.2. The van der Waals surface area contributed by atoms with Crippen molar-refractivity contribution < 1.29 is 0 Å². The Bertz CT molecular complexity index is 833. The van der Waals surface area contributed by atoms with Gasteiger partial charge in [0.2, 0.25) is 0 Å². The van der Waals surface area contributed by atoms with Crippen LogP contribution in [0.4, 0.5) is 5.69 Å². The Morgan fingerprint density at radius 2 is 2.12 bits per heavy atom. The van der Waals surface area contributed by atoms with Gasteiger partial charge in [-0.1, -0.05) is 6.08 Å². The van der Waals surface area contributed by atoms with Crippen molar-refractivity contribution in [3.8, 4) is 0 Å². The molecule has 0 spiro atoms. The third-order valence-electron chi connectivity index (χ3n) is 5.34. The molecule has 0 bridgehead atoms. The molecule has 1 saturated heterocycles. The second-order valence-corrected chi connectivity index (χ2v) is 6.91. The van der Waals surface area contributed by atoms with Gasteiger partial charge in [-0.2, -0.15) is 0 Å². The topological polar surface area (TPSA) is 52.2 Å². The van der Waals surface area contributed by atoms with E-state index in [1.807, 2.05) is 13.0 Å². The van der Waals surface area contributed by atoms with Crippen molar-refractivity contribution in [1.29, 1.82) is 0 Å². The summed E-state index contributed by atoms with van der Waals surface area (Å²) in [4.78, 5) is 24.5. The Balaban J connectivity index is 1.63. The first-order valence-electron chi connectivity index (χ1n) is 8.79. The highest BCUT2D eigenvalue weighted by molar-refractivity contribution is 5.84. The van der Waals surface area contributed by atoms with E-state index in [1.54, 1.807) is 0 Å². The molecule has 1 fully saturated rings. The first kappa shape index (κ1) is 15.4. The van der Waals surface area contributed by atoms with E-state index in [0.717, 1.165) is 38.1 Å². The van der Waals surface area contributed by atoms with Crippen LogP contribution in [-0.4, -0.2) is 47.1 Å². The minimum absolute atomic E-state index is 0.0343. The normalized spacial score (nSPS) is 19.0. The molecule has 2 aliphatic rings. The van der Waals surface area contributed by atoms with Crippen LogP contribution in [0.3, 0.4) is 0 Å². The van der Waals surface area contributed by atoms with Gasteiger partial charge in [-0.25, -0.2) is 4.98 Å². The predicted octanol–water partition coefficient (Wildman–Crippen LogP) is 2.24. The number of nitrogens with one attached hydrogen (secondary N) is 1. The van der Waals surface area contributed by atoms with Crippen molar-refractivity contribution in [2.75, 3.05) is 31.1 Å². The van der Waals surface area contributed by atoms with Crippen LogP contribution in [-0.2, 0) is 6.42 Å². The highest BCUT2D eigenvalue weighted by Crippen LogP contribution is 2.34. The minimum atomic E-state index is -0.0343. The van der Waals surface area contributed by atoms with Crippen molar-refractivity contribution in [2.24, 2.45) is 0 Å². The minimum Gasteiger partial charge on any atom is -0.368 e. The van der Waals surface area contributed by atoms with Crippen LogP contribution in [0, 0.1) is 6.92 Å². The molecular formula is C19H24N4O. The summed E-state index contributed by atoms with van der Waals surface area (Å²) in [5, 5.41) is 0.704. The molecule has 126 valence electrons. The maximum Gasteiger partial charge on any atom is 0.258 e. The molecule has 0 unspecified atom stereocenters. The lowest BCUT2D eigenvalue weighted by molar-refractivity contribution is 0.229. The Hall–Kier alpha value is -2.14. The molecule has 0 radical (unpaired) electrons. The van der Waals surface area contributed by atoms with Crippen LogP contribution in [0.5, 0.6) is 0 Å². The summed E-state index contributed by atoms with van der Waals surface area (Å²) in [6.07, 6.45) is 5.38. The van der Waals surface area contributed by atoms with Crippen LogP contribution >= 0.6 is 0 Å². The summed E-state index contributed by atoms with van der Waals surface area (Å²) >= 11 is 0. The van der Waals surface area contributed by atoms with Crippen LogP contribution in [0.15, 0.2) is 29.6 Å². The average Bonchev–Trinajstić information content (AvgIpc) is 2.97. The zero-order valence-electron chi connectivity index (χ0n) is 14.2. The summed E-state index contributed by atoms with van der Waals surface area (Å²) in [5.41, 5.74) is 3.35. The lowest BCUT2D eigenvalue weighted by atomic mass is 10.0. The number of fused-ring (bicyclic) bond motifs is 2. The second-order valence-electron chi connectivity index (χ2n) is 6.91. The largest absolute Gasteiger partial charge is 0.368 e. The fourth-order valence-corrected chi connectivity index (χ4v) is 4.14. The molecular weight excluding hydrogens is 300 g/mol. The molecule has 2 aliphatic heterocycles. The van der Waals surface area contributed by atoms with Gasteiger partial charge in [-0.05, 0) is 43.9 Å². The summed E-state index contributed by atoms with van der Waals surface area (Å²) in [6, 6.07) is 4.74. The van der Waals surface area contributed by atoms with Crippen molar-refractivity contribution in [1.82, 2.24) is 14.9 Å². The van der Waals surface area contributed by atoms with E-state index in [4.69, 9.17) is 0 Å². The van der Waals surface area contributed by atoms with Gasteiger partial charge in [0.1, 0.15) is 5.82 Å². The highest BCUT2D eigenvalue weighted by Gasteiger charge is 2.29. The zero-order chi connectivity index (χ0) is 16.7. The number of benzene rings is 1. The predicted molar refractivity (Wildman–Crippen MR) is 97.8 cm³/mol. The van der Waals surface area contributed by atoms with E-state index in [1.165, 1.54) is 24.1 Å². The van der Waals surface area contributed by atoms with Gasteiger partial charge in [-0.3, -0.25) is 9.69 Å². The van der Waals surface area contributed by atoms with Crippen molar-refractivity contribution in [2.45, 2.75) is 32.2 Å². The molecule has 0 aliphatic carbocycles. The Labute approximate surface area is 142 Å². The third kappa shape index (κ3) is 2.63. The Kier molecular flexibility index (Phi) is 3.88. The summed E-state index contributed by atoms with van der Waals surface area (Å²) in [7, 11) is 0. The fraction of sp³-hybridized carbons (Fsp3) is 0.474. The molecule has 5 heteroatoms. The van der Waals surface area contributed by atoms with Crippen molar-refractivity contribution in [3.05, 3.63) is 46.5 Å². The van der Waals surface area contributed by atoms with Gasteiger partial charge in [0.15, 0.2) is 0 Å². The number of rotatable bonds is 3. The molecule has 0 saturated carbocycles. The summed E-state index contributed by atoms with van der Waals surface area (Å²) in [6.45, 7) is 9.94. The van der Waals surface area contributed by atoms with Gasteiger partial charge >= 0.3 is 0 Å². The van der Waals surface area contributed by atoms with E-state index in [-0.39, 0.29) is 5.56 Å². The van der Waals surface area contributed by atoms with Crippen LogP contribution in [0.1, 0.15) is 24.2 Å². The highest BCUT2D eigenvalue weighted by atomic mass is 16.1. The fourth-order valence-electron chi connectivity index (χ4n) is 4.14. The standard InChI is InChI=1S/C19H24N4O/c1-3-7-22-8-5-15(6-9-22)23-10-4-14-11-17-16(12-18(14)23)19(24)21-13(2)20-17/h3,11-12,15H,1,4-10H2,2H3,(H,20,21,24). The number of hydrogen-bond acceptors (Lipinski definition) is 4. The van der Waals surface area contributed by atoms with Crippen LogP contribution < -0.4 is 10.5 Å². The van der Waals surface area contributed by atoms with E-state index < -0.39 is 0 Å². The number of nitrogens with zero attached hydrogens (tertiary/aromatic N) is 3. The first-order chi connectivity index (χ1) is 11.7. The quantitative estimate of drug-likeness (QED) is 0.880. The molecule has 1 N–H and O–H groups in total. The van der Waals surface area contributed by atoms with Crippen LogP contribution in [0.25, 0.3) is 10.9 Å². The number of anilines is 1. The van der Waals surface area contributed by atoms with Gasteiger partial charge in [0, 0.05) is 37.9 Å². The molecule has 3 heterocycles. The molecule has 24 heavy (non-hydrogen) atoms. The number of aromatic nitrogens is 2. The smallest absolute Gasteiger partial charge is 0.258 e. The number of H-pyrrole nitrogens is 1. The molecule has 0 amide bonds. The Morgan fingerprint density at radius 1 is 1.33 bits per heavy atom. The second kappa shape index (κ2) is 6.06. The molecule has 2 aromatic rings. The van der Waals surface area contributed by atoms with E-state index >= 15 is 0 Å². The van der Waals surface area contributed by atoms with E-state index in [2.05, 4.69) is 38.5 Å². The lowest BCUT2D eigenvalue weighted by Crippen LogP contribution is -2.44. The number of likely N-dealkylation sites (tertiary alicyclic amines) is 1. The third-order valence-corrected chi connectivity index (χ3v) is 5.34. The summed E-state index contributed by atoms with van der Waals surface area (Å²) < 4.78 is 0. The molecule has 5 nitrogen and oxygen atoms in total. The van der Waals surface area contributed by atoms with E-state index in [9.17, 15) is 4.79 Å². The van der Waals surface area contributed by atoms with Gasteiger partial charge in [0.05, 0.1) is 10.9 Å². The average molecular weight is 324 g/mol. The maximum atomic E-state index is 12.3. The molecule has 4 rings (SSSR count). The lowest BCUT2D eigenvalue weighted by Gasteiger charge is -2.37. The number of aryl methyl sites for hydroxylation is 1. The number of aromatic amines is 1.